The third-order valence-corrected chi connectivity index (χ3v) is 4.38. The van der Waals surface area contributed by atoms with Crippen molar-refractivity contribution in [3.8, 4) is 11.5 Å². The average molecular weight is 375 g/mol. The van der Waals surface area contributed by atoms with Gasteiger partial charge in [0.25, 0.3) is 5.91 Å². The van der Waals surface area contributed by atoms with E-state index < -0.39 is 6.10 Å². The number of rotatable bonds is 5. The number of nitrogens with zero attached hydrogens (tertiary/aromatic N) is 1. The summed E-state index contributed by atoms with van der Waals surface area (Å²) in [5.41, 5.74) is 1.40. The van der Waals surface area contributed by atoms with Crippen molar-refractivity contribution in [1.82, 2.24) is 4.90 Å². The second-order valence-corrected chi connectivity index (χ2v) is 6.44. The molecule has 6 nitrogen and oxygen atoms in total. The fourth-order valence-corrected chi connectivity index (χ4v) is 2.95. The van der Waals surface area contributed by atoms with Gasteiger partial charge in [-0.25, -0.2) is 0 Å². The van der Waals surface area contributed by atoms with Crippen molar-refractivity contribution in [2.45, 2.75) is 19.1 Å². The monoisotopic (exact) mass is 374 g/mol. The Hall–Kier alpha value is -2.73. The number of halogens is 1. The van der Waals surface area contributed by atoms with Gasteiger partial charge in [0.2, 0.25) is 5.91 Å². The summed E-state index contributed by atoms with van der Waals surface area (Å²) in [6, 6.07) is 12.4. The highest BCUT2D eigenvalue weighted by Gasteiger charge is 2.30. The fourth-order valence-electron chi connectivity index (χ4n) is 2.76. The summed E-state index contributed by atoms with van der Waals surface area (Å²) >= 11 is 6.03. The number of hydrogen-bond donors (Lipinski definition) is 1. The van der Waals surface area contributed by atoms with E-state index in [2.05, 4.69) is 5.32 Å². The first-order valence-corrected chi connectivity index (χ1v) is 8.48. The van der Waals surface area contributed by atoms with E-state index in [1.165, 1.54) is 4.90 Å². The van der Waals surface area contributed by atoms with E-state index in [9.17, 15) is 9.59 Å². The van der Waals surface area contributed by atoms with Gasteiger partial charge in [0.1, 0.15) is 11.5 Å². The largest absolute Gasteiger partial charge is 0.496 e. The van der Waals surface area contributed by atoms with Crippen molar-refractivity contribution in [2.75, 3.05) is 19.5 Å². The van der Waals surface area contributed by atoms with Gasteiger partial charge in [0, 0.05) is 24.2 Å². The van der Waals surface area contributed by atoms with Crippen molar-refractivity contribution in [3.05, 3.63) is 53.1 Å². The molecule has 2 amide bonds. The van der Waals surface area contributed by atoms with Crippen LogP contribution in [0.1, 0.15) is 12.0 Å². The lowest BCUT2D eigenvalue weighted by molar-refractivity contribution is -0.136. The maximum absolute atomic E-state index is 12.5. The lowest BCUT2D eigenvalue weighted by Crippen LogP contribution is -2.41. The van der Waals surface area contributed by atoms with E-state index in [0.29, 0.717) is 28.8 Å². The number of fused-ring (bicyclic) bond motifs is 1. The maximum Gasteiger partial charge on any atom is 0.266 e. The minimum Gasteiger partial charge on any atom is -0.496 e. The van der Waals surface area contributed by atoms with Gasteiger partial charge >= 0.3 is 0 Å². The lowest BCUT2D eigenvalue weighted by Gasteiger charge is -2.27. The minimum atomic E-state index is -0.860. The summed E-state index contributed by atoms with van der Waals surface area (Å²) in [5, 5.41) is 3.32. The average Bonchev–Trinajstić information content (AvgIpc) is 2.62. The molecule has 1 aliphatic rings. The highest BCUT2D eigenvalue weighted by molar-refractivity contribution is 6.30. The van der Waals surface area contributed by atoms with E-state index in [-0.39, 0.29) is 18.2 Å². The third-order valence-electron chi connectivity index (χ3n) is 4.14. The topological polar surface area (TPSA) is 67.9 Å². The Kier molecular flexibility index (Phi) is 5.32. The molecular weight excluding hydrogens is 356 g/mol. The van der Waals surface area contributed by atoms with Crippen LogP contribution < -0.4 is 14.8 Å². The molecule has 0 unspecified atom stereocenters. The number of benzene rings is 2. The van der Waals surface area contributed by atoms with E-state index in [1.807, 2.05) is 6.07 Å². The summed E-state index contributed by atoms with van der Waals surface area (Å²) in [5.74, 6) is 0.663. The Morgan fingerprint density at radius 2 is 2.08 bits per heavy atom. The highest BCUT2D eigenvalue weighted by atomic mass is 35.5. The Bertz CT molecular complexity index is 840. The molecule has 2 aromatic carbocycles. The van der Waals surface area contributed by atoms with Crippen LogP contribution in [0.15, 0.2) is 42.5 Å². The molecule has 0 saturated carbocycles. The molecule has 0 saturated heterocycles. The second-order valence-electron chi connectivity index (χ2n) is 6.00. The van der Waals surface area contributed by atoms with Crippen LogP contribution in [0.3, 0.4) is 0 Å². The van der Waals surface area contributed by atoms with Gasteiger partial charge in [0.05, 0.1) is 19.2 Å². The van der Waals surface area contributed by atoms with Gasteiger partial charge in [-0.15, -0.1) is 0 Å². The van der Waals surface area contributed by atoms with Crippen LogP contribution >= 0.6 is 11.6 Å². The van der Waals surface area contributed by atoms with Crippen molar-refractivity contribution >= 4 is 29.1 Å². The summed E-state index contributed by atoms with van der Waals surface area (Å²) in [6.07, 6.45) is -0.916. The molecule has 2 aromatic rings. The molecule has 7 heteroatoms. The van der Waals surface area contributed by atoms with Crippen LogP contribution in [0, 0.1) is 0 Å². The molecule has 0 aliphatic carbocycles. The number of amides is 2. The van der Waals surface area contributed by atoms with Gasteiger partial charge in [-0.05, 0) is 30.3 Å². The fraction of sp³-hybridized carbons (Fsp3) is 0.263. The first-order chi connectivity index (χ1) is 12.5. The lowest BCUT2D eigenvalue weighted by atomic mass is 10.1. The Morgan fingerprint density at radius 3 is 2.85 bits per heavy atom. The first-order valence-electron chi connectivity index (χ1n) is 8.11. The van der Waals surface area contributed by atoms with Crippen molar-refractivity contribution in [1.29, 1.82) is 0 Å². The van der Waals surface area contributed by atoms with Gasteiger partial charge in [-0.1, -0.05) is 23.7 Å². The standard InChI is InChI=1S/C19H19ClN2O4/c1-22(11-12-9-13(20)7-8-15(12)25-2)18(23)10-17-19(24)21-14-5-3-4-6-16(14)26-17/h3-9,17H,10-11H2,1-2H3,(H,21,24)/t17-/m0/s1. The number of carbonyl (C=O) groups is 2. The zero-order valence-electron chi connectivity index (χ0n) is 14.5. The van der Waals surface area contributed by atoms with Crippen LogP contribution in [0.2, 0.25) is 5.02 Å². The summed E-state index contributed by atoms with van der Waals surface area (Å²) in [4.78, 5) is 26.2. The molecule has 0 spiro atoms. The van der Waals surface area contributed by atoms with Crippen LogP contribution in [-0.4, -0.2) is 37.0 Å². The van der Waals surface area contributed by atoms with E-state index in [4.69, 9.17) is 21.1 Å². The molecule has 0 fully saturated rings. The number of para-hydroxylation sites is 2. The molecule has 1 atom stereocenters. The van der Waals surface area contributed by atoms with Crippen LogP contribution in [0.25, 0.3) is 0 Å². The second kappa shape index (κ2) is 7.66. The van der Waals surface area contributed by atoms with E-state index >= 15 is 0 Å². The zero-order valence-corrected chi connectivity index (χ0v) is 15.2. The third kappa shape index (κ3) is 3.91. The Morgan fingerprint density at radius 1 is 1.31 bits per heavy atom. The molecule has 26 heavy (non-hydrogen) atoms. The number of methoxy groups -OCH3 is 1. The predicted molar refractivity (Wildman–Crippen MR) is 98.6 cm³/mol. The van der Waals surface area contributed by atoms with Gasteiger partial charge < -0.3 is 19.7 Å². The summed E-state index contributed by atoms with van der Waals surface area (Å²) in [6.45, 7) is 0.313. The Balaban J connectivity index is 1.67. The minimum absolute atomic E-state index is 0.0560. The first kappa shape index (κ1) is 18.1. The molecule has 3 rings (SSSR count). The summed E-state index contributed by atoms with van der Waals surface area (Å²) < 4.78 is 11.0. The van der Waals surface area contributed by atoms with Crippen LogP contribution in [0.4, 0.5) is 5.69 Å². The SMILES string of the molecule is COc1ccc(Cl)cc1CN(C)C(=O)C[C@@H]1Oc2ccccc2NC1=O. The van der Waals surface area contributed by atoms with Crippen LogP contribution in [0.5, 0.6) is 11.5 Å². The number of carbonyl (C=O) groups excluding carboxylic acids is 2. The smallest absolute Gasteiger partial charge is 0.266 e. The molecular formula is C19H19ClN2O4. The van der Waals surface area contributed by atoms with Crippen LogP contribution in [-0.2, 0) is 16.1 Å². The van der Waals surface area contributed by atoms with E-state index in [0.717, 1.165) is 5.56 Å². The molecule has 1 heterocycles. The predicted octanol–water partition coefficient (Wildman–Crippen LogP) is 3.10. The maximum atomic E-state index is 12.5. The quantitative estimate of drug-likeness (QED) is 0.873. The number of nitrogens with one attached hydrogen (secondary N) is 1. The van der Waals surface area contributed by atoms with Gasteiger partial charge in [0.15, 0.2) is 6.10 Å². The van der Waals surface area contributed by atoms with Gasteiger partial charge in [-0.2, -0.15) is 0 Å². The van der Waals surface area contributed by atoms with E-state index in [1.54, 1.807) is 50.6 Å². The van der Waals surface area contributed by atoms with Crippen molar-refractivity contribution < 1.29 is 19.1 Å². The van der Waals surface area contributed by atoms with Crippen molar-refractivity contribution in [2.24, 2.45) is 0 Å². The molecule has 1 N–H and O–H groups in total. The molecule has 1 aliphatic heterocycles. The number of anilines is 1. The molecule has 0 bridgehead atoms. The number of ether oxygens (including phenoxy) is 2. The number of hydrogen-bond acceptors (Lipinski definition) is 4. The molecule has 136 valence electrons. The van der Waals surface area contributed by atoms with Crippen molar-refractivity contribution in [3.63, 3.8) is 0 Å². The highest BCUT2D eigenvalue weighted by Crippen LogP contribution is 2.30. The zero-order chi connectivity index (χ0) is 18.7. The summed E-state index contributed by atoms with van der Waals surface area (Å²) in [7, 11) is 3.23. The molecule has 0 radical (unpaired) electrons. The normalized spacial score (nSPS) is 15.5. The Labute approximate surface area is 156 Å². The van der Waals surface area contributed by atoms with Gasteiger partial charge in [-0.3, -0.25) is 9.59 Å². The molecule has 0 aromatic heterocycles.